The lowest BCUT2D eigenvalue weighted by Gasteiger charge is -2.37. The molecule has 3 nitrogen and oxygen atoms in total. The quantitative estimate of drug-likeness (QED) is 0.819. The fraction of sp³-hybridized carbons (Fsp3) is 0.533. The molecule has 0 N–H and O–H groups in total. The summed E-state index contributed by atoms with van der Waals surface area (Å²) in [5, 5.41) is 8.77. The van der Waals surface area contributed by atoms with E-state index in [1.54, 1.807) is 0 Å². The average Bonchev–Trinajstić information content (AvgIpc) is 2.35. The number of benzene rings is 1. The second-order valence-electron chi connectivity index (χ2n) is 5.23. The van der Waals surface area contributed by atoms with Gasteiger partial charge in [-0.3, -0.25) is 0 Å². The third kappa shape index (κ3) is 2.59. The van der Waals surface area contributed by atoms with Gasteiger partial charge in [0.1, 0.15) is 11.9 Å². The van der Waals surface area contributed by atoms with Gasteiger partial charge >= 0.3 is 0 Å². The number of rotatable bonds is 3. The smallest absolute Gasteiger partial charge is 0.143 e. The normalized spacial score (nSPS) is 18.2. The molecule has 0 aromatic heterocycles. The molecule has 0 aliphatic carbocycles. The monoisotopic (exact) mass is 244 g/mol. The van der Waals surface area contributed by atoms with Crippen LogP contribution < -0.4 is 9.64 Å². The highest BCUT2D eigenvalue weighted by molar-refractivity contribution is 5.61. The number of aryl methyl sites for hydroxylation is 1. The summed E-state index contributed by atoms with van der Waals surface area (Å²) in [5.41, 5.74) is 2.35. The van der Waals surface area contributed by atoms with Crippen LogP contribution in [0, 0.1) is 24.2 Å². The SMILES string of the molecule is Cc1ccc2c(c1)N(CCC#N)CC(C(C)C)O2. The van der Waals surface area contributed by atoms with Gasteiger partial charge in [-0.25, -0.2) is 0 Å². The Kier molecular flexibility index (Phi) is 3.76. The van der Waals surface area contributed by atoms with Gasteiger partial charge in [-0.1, -0.05) is 19.9 Å². The molecule has 0 radical (unpaired) electrons. The van der Waals surface area contributed by atoms with Crippen molar-refractivity contribution in [1.29, 1.82) is 5.26 Å². The standard InChI is InChI=1S/C15H20N2O/c1-11(2)15-10-17(8-4-7-16)13-9-12(3)5-6-14(13)18-15/h5-6,9,11,15H,4,8,10H2,1-3H3. The van der Waals surface area contributed by atoms with Crippen molar-refractivity contribution < 1.29 is 4.74 Å². The van der Waals surface area contributed by atoms with E-state index in [1.165, 1.54) is 5.56 Å². The largest absolute Gasteiger partial charge is 0.486 e. The maximum Gasteiger partial charge on any atom is 0.143 e. The Morgan fingerprint density at radius 1 is 1.50 bits per heavy atom. The molecule has 1 aromatic rings. The maximum absolute atomic E-state index is 8.77. The van der Waals surface area contributed by atoms with Gasteiger partial charge in [0.2, 0.25) is 0 Å². The minimum absolute atomic E-state index is 0.207. The topological polar surface area (TPSA) is 36.3 Å². The number of hydrogen-bond acceptors (Lipinski definition) is 3. The molecule has 1 aromatic carbocycles. The van der Waals surface area contributed by atoms with Crippen molar-refractivity contribution in [1.82, 2.24) is 0 Å². The zero-order valence-electron chi connectivity index (χ0n) is 11.3. The summed E-state index contributed by atoms with van der Waals surface area (Å²) in [6.07, 6.45) is 0.761. The van der Waals surface area contributed by atoms with Gasteiger partial charge in [0.25, 0.3) is 0 Å². The molecule has 1 heterocycles. The van der Waals surface area contributed by atoms with E-state index in [0.29, 0.717) is 12.3 Å². The third-order valence-corrected chi connectivity index (χ3v) is 3.37. The van der Waals surface area contributed by atoms with Crippen molar-refractivity contribution in [2.24, 2.45) is 5.92 Å². The Morgan fingerprint density at radius 2 is 2.28 bits per heavy atom. The lowest BCUT2D eigenvalue weighted by Crippen LogP contribution is -2.43. The van der Waals surface area contributed by atoms with Gasteiger partial charge in [-0.15, -0.1) is 0 Å². The zero-order chi connectivity index (χ0) is 13.1. The Morgan fingerprint density at radius 3 is 2.94 bits per heavy atom. The molecule has 0 spiro atoms. The first-order valence-electron chi connectivity index (χ1n) is 6.51. The summed E-state index contributed by atoms with van der Waals surface area (Å²) in [5.74, 6) is 1.42. The lowest BCUT2D eigenvalue weighted by atomic mass is 10.0. The first kappa shape index (κ1) is 12.8. The molecule has 2 rings (SSSR count). The van der Waals surface area contributed by atoms with Crippen LogP contribution in [0.25, 0.3) is 0 Å². The van der Waals surface area contributed by atoms with E-state index in [1.807, 2.05) is 6.07 Å². The molecular weight excluding hydrogens is 224 g/mol. The minimum atomic E-state index is 0.207. The van der Waals surface area contributed by atoms with Crippen LogP contribution in [0.1, 0.15) is 25.8 Å². The van der Waals surface area contributed by atoms with Crippen LogP contribution in [0.5, 0.6) is 5.75 Å². The summed E-state index contributed by atoms with van der Waals surface area (Å²) >= 11 is 0. The predicted molar refractivity (Wildman–Crippen MR) is 72.9 cm³/mol. The highest BCUT2D eigenvalue weighted by Gasteiger charge is 2.27. The number of hydrogen-bond donors (Lipinski definition) is 0. The van der Waals surface area contributed by atoms with Crippen LogP contribution in [-0.4, -0.2) is 19.2 Å². The number of fused-ring (bicyclic) bond motifs is 1. The summed E-state index contributed by atoms with van der Waals surface area (Å²) in [7, 11) is 0. The molecule has 0 fully saturated rings. The summed E-state index contributed by atoms with van der Waals surface area (Å²) in [6.45, 7) is 8.07. The Balaban J connectivity index is 2.29. The van der Waals surface area contributed by atoms with E-state index in [-0.39, 0.29) is 6.10 Å². The van der Waals surface area contributed by atoms with Crippen molar-refractivity contribution in [3.05, 3.63) is 23.8 Å². The van der Waals surface area contributed by atoms with Crippen LogP contribution in [-0.2, 0) is 0 Å². The summed E-state index contributed by atoms with van der Waals surface area (Å²) < 4.78 is 6.03. The molecule has 1 aliphatic rings. The molecule has 0 amide bonds. The molecule has 0 saturated carbocycles. The van der Waals surface area contributed by atoms with Crippen LogP contribution in [0.3, 0.4) is 0 Å². The summed E-state index contributed by atoms with van der Waals surface area (Å²) in [4.78, 5) is 2.28. The molecule has 1 aliphatic heterocycles. The van der Waals surface area contributed by atoms with Gasteiger partial charge in [-0.2, -0.15) is 5.26 Å². The second-order valence-corrected chi connectivity index (χ2v) is 5.23. The Labute approximate surface area is 109 Å². The highest BCUT2D eigenvalue weighted by Crippen LogP contribution is 2.35. The lowest BCUT2D eigenvalue weighted by molar-refractivity contribution is 0.146. The Hall–Kier alpha value is -1.69. The van der Waals surface area contributed by atoms with E-state index < -0.39 is 0 Å². The van der Waals surface area contributed by atoms with Crippen molar-refractivity contribution >= 4 is 5.69 Å². The molecular formula is C15H20N2O. The molecule has 96 valence electrons. The van der Waals surface area contributed by atoms with Crippen molar-refractivity contribution in [2.45, 2.75) is 33.3 Å². The van der Waals surface area contributed by atoms with Gasteiger partial charge in [0.05, 0.1) is 24.7 Å². The van der Waals surface area contributed by atoms with E-state index in [4.69, 9.17) is 10.00 Å². The number of nitrogens with zero attached hydrogens (tertiary/aromatic N) is 2. The second kappa shape index (κ2) is 5.30. The van der Waals surface area contributed by atoms with E-state index >= 15 is 0 Å². The number of nitriles is 1. The fourth-order valence-corrected chi connectivity index (χ4v) is 2.23. The molecule has 3 heteroatoms. The van der Waals surface area contributed by atoms with Crippen LogP contribution >= 0.6 is 0 Å². The number of anilines is 1. The average molecular weight is 244 g/mol. The van der Waals surface area contributed by atoms with Gasteiger partial charge in [-0.05, 0) is 30.5 Å². The van der Waals surface area contributed by atoms with Gasteiger partial charge in [0.15, 0.2) is 0 Å². The highest BCUT2D eigenvalue weighted by atomic mass is 16.5. The fourth-order valence-electron chi connectivity index (χ4n) is 2.23. The zero-order valence-corrected chi connectivity index (χ0v) is 11.3. The van der Waals surface area contributed by atoms with E-state index in [2.05, 4.69) is 43.9 Å². The first-order chi connectivity index (χ1) is 8.61. The van der Waals surface area contributed by atoms with Crippen LogP contribution in [0.4, 0.5) is 5.69 Å². The van der Waals surface area contributed by atoms with Crippen molar-refractivity contribution in [3.63, 3.8) is 0 Å². The van der Waals surface area contributed by atoms with Crippen molar-refractivity contribution in [2.75, 3.05) is 18.0 Å². The molecule has 0 saturated heterocycles. The minimum Gasteiger partial charge on any atom is -0.486 e. The third-order valence-electron chi connectivity index (χ3n) is 3.37. The van der Waals surface area contributed by atoms with E-state index in [0.717, 1.165) is 24.5 Å². The predicted octanol–water partition coefficient (Wildman–Crippen LogP) is 3.13. The van der Waals surface area contributed by atoms with E-state index in [9.17, 15) is 0 Å². The molecule has 18 heavy (non-hydrogen) atoms. The molecule has 1 atom stereocenters. The first-order valence-corrected chi connectivity index (χ1v) is 6.51. The molecule has 0 bridgehead atoms. The van der Waals surface area contributed by atoms with Crippen LogP contribution in [0.15, 0.2) is 18.2 Å². The van der Waals surface area contributed by atoms with Gasteiger partial charge in [0, 0.05) is 6.54 Å². The number of ether oxygens (including phenoxy) is 1. The van der Waals surface area contributed by atoms with Gasteiger partial charge < -0.3 is 9.64 Å². The van der Waals surface area contributed by atoms with Crippen LogP contribution in [0.2, 0.25) is 0 Å². The Bertz CT molecular complexity index is 462. The molecule has 1 unspecified atom stereocenters. The summed E-state index contributed by atoms with van der Waals surface area (Å²) in [6, 6.07) is 8.48. The van der Waals surface area contributed by atoms with Crippen molar-refractivity contribution in [3.8, 4) is 11.8 Å². The maximum atomic E-state index is 8.77.